The van der Waals surface area contributed by atoms with Gasteiger partial charge in [-0.2, -0.15) is 0 Å². The Hall–Kier alpha value is -0.780. The van der Waals surface area contributed by atoms with Gasteiger partial charge in [-0.05, 0) is 39.0 Å². The second-order valence-corrected chi connectivity index (χ2v) is 3.40. The van der Waals surface area contributed by atoms with Gasteiger partial charge in [-0.15, -0.1) is 0 Å². The highest BCUT2D eigenvalue weighted by Crippen LogP contribution is 2.02. The van der Waals surface area contributed by atoms with Gasteiger partial charge >= 0.3 is 0 Å². The van der Waals surface area contributed by atoms with Crippen LogP contribution in [0.25, 0.3) is 0 Å². The van der Waals surface area contributed by atoms with Crippen molar-refractivity contribution >= 4 is 0 Å². The minimum Gasteiger partial charge on any atom is -0.0885 e. The van der Waals surface area contributed by atoms with Crippen molar-refractivity contribution in [1.82, 2.24) is 0 Å². The van der Waals surface area contributed by atoms with Crippen LogP contribution < -0.4 is 0 Å². The Bertz CT molecular complexity index is 172. The molecule has 79 valence electrons. The average molecular weight is 191 g/mol. The predicted molar refractivity (Wildman–Crippen MR) is 66.2 cm³/mol. The molecule has 0 bridgehead atoms. The van der Waals surface area contributed by atoms with Gasteiger partial charge < -0.3 is 0 Å². The Morgan fingerprint density at radius 1 is 0.857 bits per heavy atom. The maximum atomic E-state index is 3.62. The first-order chi connectivity index (χ1) is 6.91. The summed E-state index contributed by atoms with van der Waals surface area (Å²) in [6.07, 6.45) is 20.2. The van der Waals surface area contributed by atoms with Gasteiger partial charge in [0.25, 0.3) is 0 Å². The monoisotopic (exact) mass is 191 g/mol. The molecule has 0 heteroatoms. The van der Waals surface area contributed by atoms with E-state index >= 15 is 0 Å². The van der Waals surface area contributed by atoms with E-state index in [2.05, 4.69) is 38.2 Å². The van der Waals surface area contributed by atoms with Crippen LogP contribution in [0.1, 0.15) is 45.4 Å². The van der Waals surface area contributed by atoms with Gasteiger partial charge in [0.1, 0.15) is 0 Å². The first-order valence-electron chi connectivity index (χ1n) is 5.67. The van der Waals surface area contributed by atoms with Gasteiger partial charge in [-0.25, -0.2) is 0 Å². The van der Waals surface area contributed by atoms with E-state index in [-0.39, 0.29) is 0 Å². The number of unbranched alkanes of at least 4 members (excludes halogenated alkanes) is 4. The molecule has 0 aromatic rings. The van der Waals surface area contributed by atoms with E-state index in [9.17, 15) is 0 Å². The summed E-state index contributed by atoms with van der Waals surface area (Å²) in [4.78, 5) is 0. The molecule has 0 atom stereocenters. The van der Waals surface area contributed by atoms with Crippen molar-refractivity contribution in [2.75, 3.05) is 0 Å². The third kappa shape index (κ3) is 11.2. The van der Waals surface area contributed by atoms with Crippen molar-refractivity contribution in [2.24, 2.45) is 0 Å². The molecule has 0 nitrogen and oxygen atoms in total. The zero-order valence-electron chi connectivity index (χ0n) is 9.41. The molecular formula is C14H23. The Morgan fingerprint density at radius 3 is 2.14 bits per heavy atom. The van der Waals surface area contributed by atoms with Crippen molar-refractivity contribution in [3.63, 3.8) is 0 Å². The molecule has 0 aromatic carbocycles. The summed E-state index contributed by atoms with van der Waals surface area (Å²) in [5, 5.41) is 0. The normalized spacial score (nSPS) is 12.4. The van der Waals surface area contributed by atoms with E-state index in [1.807, 2.05) is 12.2 Å². The molecule has 0 spiro atoms. The second kappa shape index (κ2) is 12.2. The fraction of sp³-hybridized carbons (Fsp3) is 0.500. The fourth-order valence-corrected chi connectivity index (χ4v) is 1.18. The maximum Gasteiger partial charge on any atom is -0.0313 e. The Balaban J connectivity index is 3.13. The highest BCUT2D eigenvalue weighted by atomic mass is 13.9. The topological polar surface area (TPSA) is 0 Å². The van der Waals surface area contributed by atoms with Crippen LogP contribution in [-0.4, -0.2) is 0 Å². The lowest BCUT2D eigenvalue weighted by molar-refractivity contribution is 0.759. The molecule has 1 radical (unpaired) electrons. The fourth-order valence-electron chi connectivity index (χ4n) is 1.18. The van der Waals surface area contributed by atoms with Gasteiger partial charge in [-0.1, -0.05) is 49.8 Å². The number of allylic oxidation sites excluding steroid dienone is 6. The van der Waals surface area contributed by atoms with Gasteiger partial charge in [-0.3, -0.25) is 0 Å². The smallest absolute Gasteiger partial charge is 0.0313 e. The van der Waals surface area contributed by atoms with Crippen LogP contribution in [0, 0.1) is 6.92 Å². The maximum absolute atomic E-state index is 3.62. The van der Waals surface area contributed by atoms with E-state index in [0.717, 1.165) is 0 Å². The summed E-state index contributed by atoms with van der Waals surface area (Å²) >= 11 is 0. The zero-order chi connectivity index (χ0) is 10.5. The largest absolute Gasteiger partial charge is 0.0885 e. The SMILES string of the molecule is [CH2]/C=C/C=C/CCCC/C=C/CCC. The molecule has 0 fully saturated rings. The second-order valence-electron chi connectivity index (χ2n) is 3.40. The van der Waals surface area contributed by atoms with Crippen LogP contribution in [0.15, 0.2) is 36.5 Å². The molecule has 0 saturated heterocycles. The molecule has 0 heterocycles. The molecule has 0 aliphatic rings. The van der Waals surface area contributed by atoms with E-state index in [0.29, 0.717) is 0 Å². The van der Waals surface area contributed by atoms with Crippen molar-refractivity contribution in [2.45, 2.75) is 45.4 Å². The summed E-state index contributed by atoms with van der Waals surface area (Å²) in [7, 11) is 0. The van der Waals surface area contributed by atoms with E-state index in [1.165, 1.54) is 38.5 Å². The van der Waals surface area contributed by atoms with Crippen LogP contribution in [0.3, 0.4) is 0 Å². The lowest BCUT2D eigenvalue weighted by Crippen LogP contribution is -1.72. The Morgan fingerprint density at radius 2 is 1.50 bits per heavy atom. The number of hydrogen-bond acceptors (Lipinski definition) is 0. The van der Waals surface area contributed by atoms with Crippen molar-refractivity contribution < 1.29 is 0 Å². The molecule has 0 N–H and O–H groups in total. The third-order valence-electron chi connectivity index (χ3n) is 2.00. The first-order valence-corrected chi connectivity index (χ1v) is 5.67. The Kier molecular flexibility index (Phi) is 11.5. The predicted octanol–water partition coefficient (Wildman–Crippen LogP) is 4.85. The summed E-state index contributed by atoms with van der Waals surface area (Å²) in [6, 6.07) is 0. The minimum absolute atomic E-state index is 1.19. The van der Waals surface area contributed by atoms with E-state index < -0.39 is 0 Å². The number of rotatable bonds is 8. The molecule has 0 rings (SSSR count). The average Bonchev–Trinajstić information content (AvgIpc) is 2.21. The molecular weight excluding hydrogens is 168 g/mol. The van der Waals surface area contributed by atoms with Gasteiger partial charge in [0, 0.05) is 0 Å². The van der Waals surface area contributed by atoms with E-state index in [1.54, 1.807) is 0 Å². The van der Waals surface area contributed by atoms with Crippen LogP contribution >= 0.6 is 0 Å². The molecule has 14 heavy (non-hydrogen) atoms. The van der Waals surface area contributed by atoms with E-state index in [4.69, 9.17) is 0 Å². The standard InChI is InChI=1S/C14H23/c1-3-5-7-9-11-13-14-12-10-8-6-4-2/h3,5,7-10H,1,4,6,11-14H2,2H3/b5-3+,9-7+,10-8+. The molecule has 0 aromatic heterocycles. The highest BCUT2D eigenvalue weighted by Gasteiger charge is 1.82. The Labute approximate surface area is 89.4 Å². The molecule has 0 aliphatic carbocycles. The molecule has 0 unspecified atom stereocenters. The van der Waals surface area contributed by atoms with Crippen molar-refractivity contribution in [3.8, 4) is 0 Å². The molecule has 0 aliphatic heterocycles. The van der Waals surface area contributed by atoms with Gasteiger partial charge in [0.05, 0.1) is 0 Å². The lowest BCUT2D eigenvalue weighted by atomic mass is 10.1. The minimum atomic E-state index is 1.19. The van der Waals surface area contributed by atoms with Gasteiger partial charge in [0.15, 0.2) is 0 Å². The van der Waals surface area contributed by atoms with Gasteiger partial charge in [0.2, 0.25) is 0 Å². The summed E-state index contributed by atoms with van der Waals surface area (Å²) in [5.41, 5.74) is 0. The van der Waals surface area contributed by atoms with Crippen LogP contribution in [0.5, 0.6) is 0 Å². The molecule has 0 amide bonds. The summed E-state index contributed by atoms with van der Waals surface area (Å²) in [5.74, 6) is 0. The quantitative estimate of drug-likeness (QED) is 0.292. The highest BCUT2D eigenvalue weighted by molar-refractivity contribution is 5.03. The van der Waals surface area contributed by atoms with Crippen molar-refractivity contribution in [1.29, 1.82) is 0 Å². The molecule has 0 saturated carbocycles. The van der Waals surface area contributed by atoms with Crippen LogP contribution in [-0.2, 0) is 0 Å². The summed E-state index contributed by atoms with van der Waals surface area (Å²) in [6.45, 7) is 5.83. The summed E-state index contributed by atoms with van der Waals surface area (Å²) < 4.78 is 0. The third-order valence-corrected chi connectivity index (χ3v) is 2.00. The number of hydrogen-bond donors (Lipinski definition) is 0. The lowest BCUT2D eigenvalue weighted by Gasteiger charge is -1.92. The zero-order valence-corrected chi connectivity index (χ0v) is 9.41. The first kappa shape index (κ1) is 13.2. The van der Waals surface area contributed by atoms with Crippen LogP contribution in [0.2, 0.25) is 0 Å². The van der Waals surface area contributed by atoms with Crippen LogP contribution in [0.4, 0.5) is 0 Å². The van der Waals surface area contributed by atoms with Crippen molar-refractivity contribution in [3.05, 3.63) is 43.4 Å².